The molecule has 3 heterocycles. The van der Waals surface area contributed by atoms with E-state index in [2.05, 4.69) is 33.7 Å². The van der Waals surface area contributed by atoms with Crippen molar-refractivity contribution in [3.05, 3.63) is 0 Å². The lowest BCUT2D eigenvalue weighted by atomic mass is 9.99. The smallest absolute Gasteiger partial charge is 0.0347 e. The van der Waals surface area contributed by atoms with Crippen molar-refractivity contribution >= 4 is 0 Å². The van der Waals surface area contributed by atoms with Crippen LogP contribution in [0.15, 0.2) is 0 Å². The van der Waals surface area contributed by atoms with Gasteiger partial charge in [-0.05, 0) is 33.5 Å². The number of nitrogens with zero attached hydrogens (tertiary/aromatic N) is 4. The van der Waals surface area contributed by atoms with Crippen LogP contribution in [0.3, 0.4) is 0 Å². The Kier molecular flexibility index (Phi) is 4.42. The summed E-state index contributed by atoms with van der Waals surface area (Å²) in [5.74, 6) is 0. The molecule has 3 fully saturated rings. The minimum atomic E-state index is 0.730. The van der Waals surface area contributed by atoms with Crippen molar-refractivity contribution in [3.63, 3.8) is 0 Å². The van der Waals surface area contributed by atoms with Gasteiger partial charge in [-0.15, -0.1) is 0 Å². The van der Waals surface area contributed by atoms with E-state index in [1.165, 1.54) is 71.6 Å². The Bertz CT molecular complexity index is 296. The van der Waals surface area contributed by atoms with Gasteiger partial charge in [-0.25, -0.2) is 0 Å². The lowest BCUT2D eigenvalue weighted by molar-refractivity contribution is 0.0214. The third kappa shape index (κ3) is 3.30. The van der Waals surface area contributed by atoms with Gasteiger partial charge in [0.15, 0.2) is 0 Å². The molecule has 0 aliphatic carbocycles. The van der Waals surface area contributed by atoms with E-state index in [9.17, 15) is 0 Å². The Balaban J connectivity index is 1.52. The number of rotatable bonds is 2. The maximum atomic E-state index is 2.73. The molecule has 2 atom stereocenters. The summed E-state index contributed by atoms with van der Waals surface area (Å²) in [6.07, 6.45) is 4.30. The Hall–Kier alpha value is -0.160. The van der Waals surface area contributed by atoms with Gasteiger partial charge in [0.2, 0.25) is 0 Å². The minimum absolute atomic E-state index is 0.730. The summed E-state index contributed by atoms with van der Waals surface area (Å²) < 4.78 is 0. The first kappa shape index (κ1) is 13.8. The normalized spacial score (nSPS) is 36.3. The van der Waals surface area contributed by atoms with E-state index >= 15 is 0 Å². The van der Waals surface area contributed by atoms with Crippen LogP contribution in [0.1, 0.15) is 19.3 Å². The first-order valence-electron chi connectivity index (χ1n) is 8.07. The molecule has 0 aromatic carbocycles. The van der Waals surface area contributed by atoms with Gasteiger partial charge < -0.3 is 4.90 Å². The second kappa shape index (κ2) is 6.08. The molecule has 2 unspecified atom stereocenters. The average Bonchev–Trinajstić information content (AvgIpc) is 2.43. The molecular formula is C15H30N4. The van der Waals surface area contributed by atoms with Gasteiger partial charge in [0, 0.05) is 57.9 Å². The highest BCUT2D eigenvalue weighted by atomic mass is 15.3. The van der Waals surface area contributed by atoms with Crippen LogP contribution in [0.4, 0.5) is 0 Å². The van der Waals surface area contributed by atoms with Crippen LogP contribution in [0.25, 0.3) is 0 Å². The lowest BCUT2D eigenvalue weighted by Gasteiger charge is -2.46. The van der Waals surface area contributed by atoms with Crippen molar-refractivity contribution in [1.82, 2.24) is 19.6 Å². The van der Waals surface area contributed by atoms with Crippen LogP contribution in [-0.2, 0) is 0 Å². The lowest BCUT2D eigenvalue weighted by Crippen LogP contribution is -2.59. The Labute approximate surface area is 118 Å². The second-order valence-corrected chi connectivity index (χ2v) is 6.84. The fourth-order valence-electron chi connectivity index (χ4n) is 3.98. The van der Waals surface area contributed by atoms with Crippen molar-refractivity contribution in [2.45, 2.75) is 31.3 Å². The van der Waals surface area contributed by atoms with E-state index in [1.807, 2.05) is 0 Å². The molecule has 110 valence electrons. The van der Waals surface area contributed by atoms with Crippen molar-refractivity contribution < 1.29 is 0 Å². The highest BCUT2D eigenvalue weighted by molar-refractivity contribution is 4.88. The van der Waals surface area contributed by atoms with Crippen molar-refractivity contribution in [2.24, 2.45) is 0 Å². The fourth-order valence-corrected chi connectivity index (χ4v) is 3.98. The average molecular weight is 266 g/mol. The number of piperazine rings is 2. The van der Waals surface area contributed by atoms with Crippen LogP contribution in [-0.4, -0.2) is 98.1 Å². The molecule has 3 aliphatic rings. The molecule has 4 heteroatoms. The number of hydrogen-bond acceptors (Lipinski definition) is 4. The summed E-state index contributed by atoms with van der Waals surface area (Å²) in [6.45, 7) is 10.2. The van der Waals surface area contributed by atoms with Crippen molar-refractivity contribution in [3.8, 4) is 0 Å². The van der Waals surface area contributed by atoms with Gasteiger partial charge in [0.25, 0.3) is 0 Å². The van der Waals surface area contributed by atoms with Gasteiger partial charge in [-0.2, -0.15) is 0 Å². The largest absolute Gasteiger partial charge is 0.303 e. The maximum absolute atomic E-state index is 2.73. The molecule has 0 saturated carbocycles. The topological polar surface area (TPSA) is 13.0 Å². The number of likely N-dealkylation sites (N-methyl/N-ethyl adjacent to an activating group) is 2. The summed E-state index contributed by atoms with van der Waals surface area (Å²) in [5, 5.41) is 0. The molecule has 3 rings (SSSR count). The Morgan fingerprint density at radius 3 is 2.68 bits per heavy atom. The molecule has 0 amide bonds. The van der Waals surface area contributed by atoms with Crippen LogP contribution in [0, 0.1) is 0 Å². The first-order chi connectivity index (χ1) is 9.22. The number of hydrogen-bond donors (Lipinski definition) is 0. The molecule has 19 heavy (non-hydrogen) atoms. The molecule has 0 aromatic heterocycles. The third-order valence-corrected chi connectivity index (χ3v) is 5.37. The van der Waals surface area contributed by atoms with Gasteiger partial charge >= 0.3 is 0 Å². The van der Waals surface area contributed by atoms with Crippen molar-refractivity contribution in [2.75, 3.05) is 66.5 Å². The molecular weight excluding hydrogens is 236 g/mol. The molecule has 3 saturated heterocycles. The SMILES string of the molecule is CN1CCN(C)C(CN2CCN3CCCCC3C2)C1. The van der Waals surface area contributed by atoms with Crippen molar-refractivity contribution in [1.29, 1.82) is 0 Å². The predicted molar refractivity (Wildman–Crippen MR) is 79.6 cm³/mol. The Morgan fingerprint density at radius 2 is 1.79 bits per heavy atom. The second-order valence-electron chi connectivity index (χ2n) is 6.84. The highest BCUT2D eigenvalue weighted by Crippen LogP contribution is 2.21. The minimum Gasteiger partial charge on any atom is -0.303 e. The summed E-state index contributed by atoms with van der Waals surface area (Å²) in [6, 6.07) is 1.59. The van der Waals surface area contributed by atoms with E-state index in [0.717, 1.165) is 12.1 Å². The third-order valence-electron chi connectivity index (χ3n) is 5.37. The van der Waals surface area contributed by atoms with E-state index in [-0.39, 0.29) is 0 Å². The molecule has 3 aliphatic heterocycles. The highest BCUT2D eigenvalue weighted by Gasteiger charge is 2.31. The quantitative estimate of drug-likeness (QED) is 0.717. The molecule has 4 nitrogen and oxygen atoms in total. The fraction of sp³-hybridized carbons (Fsp3) is 1.00. The van der Waals surface area contributed by atoms with Crippen LogP contribution >= 0.6 is 0 Å². The van der Waals surface area contributed by atoms with Gasteiger partial charge in [-0.3, -0.25) is 14.7 Å². The zero-order chi connectivity index (χ0) is 13.2. The van der Waals surface area contributed by atoms with E-state index in [1.54, 1.807) is 0 Å². The number of piperidine rings is 1. The van der Waals surface area contributed by atoms with Crippen LogP contribution in [0.2, 0.25) is 0 Å². The zero-order valence-corrected chi connectivity index (χ0v) is 12.7. The monoisotopic (exact) mass is 266 g/mol. The van der Waals surface area contributed by atoms with Gasteiger partial charge in [0.1, 0.15) is 0 Å². The van der Waals surface area contributed by atoms with Gasteiger partial charge in [-0.1, -0.05) is 6.42 Å². The molecule has 0 spiro atoms. The molecule has 0 aromatic rings. The van der Waals surface area contributed by atoms with E-state index < -0.39 is 0 Å². The summed E-state index contributed by atoms with van der Waals surface area (Å²) in [4.78, 5) is 10.5. The van der Waals surface area contributed by atoms with Crippen LogP contribution < -0.4 is 0 Å². The van der Waals surface area contributed by atoms with E-state index in [0.29, 0.717) is 0 Å². The van der Waals surface area contributed by atoms with Gasteiger partial charge in [0.05, 0.1) is 0 Å². The van der Waals surface area contributed by atoms with E-state index in [4.69, 9.17) is 0 Å². The number of fused-ring (bicyclic) bond motifs is 1. The summed E-state index contributed by atoms with van der Waals surface area (Å²) in [5.41, 5.74) is 0. The molecule has 0 radical (unpaired) electrons. The molecule has 0 bridgehead atoms. The molecule has 0 N–H and O–H groups in total. The summed E-state index contributed by atoms with van der Waals surface area (Å²) >= 11 is 0. The predicted octanol–water partition coefficient (Wildman–Crippen LogP) is 0.402. The zero-order valence-electron chi connectivity index (χ0n) is 12.7. The summed E-state index contributed by atoms with van der Waals surface area (Å²) in [7, 11) is 4.56. The van der Waals surface area contributed by atoms with Crippen LogP contribution in [0.5, 0.6) is 0 Å². The maximum Gasteiger partial charge on any atom is 0.0347 e. The standard InChI is InChI=1S/C15H30N4/c1-16-7-8-17(2)15(11-16)13-18-9-10-19-6-4-3-5-14(19)12-18/h14-15H,3-13H2,1-2H3. The first-order valence-corrected chi connectivity index (χ1v) is 8.07. The Morgan fingerprint density at radius 1 is 0.895 bits per heavy atom.